The van der Waals surface area contributed by atoms with Gasteiger partial charge in [-0.15, -0.1) is 0 Å². The topological polar surface area (TPSA) is 63.2 Å². The highest BCUT2D eigenvalue weighted by atomic mass is 79.9. The quantitative estimate of drug-likeness (QED) is 0.839. The molecular formula is C17H18BrN3O2. The summed E-state index contributed by atoms with van der Waals surface area (Å²) in [4.78, 5) is 16.5. The van der Waals surface area contributed by atoms with Gasteiger partial charge >= 0.3 is 0 Å². The Morgan fingerprint density at radius 3 is 3.04 bits per heavy atom. The van der Waals surface area contributed by atoms with Gasteiger partial charge in [-0.2, -0.15) is 0 Å². The molecule has 0 saturated carbocycles. The van der Waals surface area contributed by atoms with Crippen molar-refractivity contribution < 1.29 is 9.53 Å². The number of hydrogen-bond acceptors (Lipinski definition) is 4. The first-order chi connectivity index (χ1) is 11.2. The van der Waals surface area contributed by atoms with Crippen LogP contribution in [-0.2, 0) is 4.74 Å². The van der Waals surface area contributed by atoms with Crippen LogP contribution in [0.5, 0.6) is 0 Å². The van der Waals surface area contributed by atoms with Gasteiger partial charge in [-0.1, -0.05) is 22.0 Å². The van der Waals surface area contributed by atoms with Crippen LogP contribution in [0.25, 0.3) is 0 Å². The largest absolute Gasteiger partial charge is 0.376 e. The van der Waals surface area contributed by atoms with Crippen LogP contribution < -0.4 is 10.6 Å². The molecule has 2 heterocycles. The van der Waals surface area contributed by atoms with Gasteiger partial charge in [0.25, 0.3) is 5.91 Å². The number of benzene rings is 1. The van der Waals surface area contributed by atoms with E-state index in [4.69, 9.17) is 4.74 Å². The number of rotatable bonds is 5. The third-order valence-corrected chi connectivity index (χ3v) is 4.13. The fraction of sp³-hybridized carbons (Fsp3) is 0.294. The molecule has 3 rings (SSSR count). The maximum absolute atomic E-state index is 12.2. The van der Waals surface area contributed by atoms with Crippen molar-refractivity contribution in [1.82, 2.24) is 10.3 Å². The van der Waals surface area contributed by atoms with Crippen LogP contribution in [0, 0.1) is 0 Å². The Labute approximate surface area is 143 Å². The zero-order valence-electron chi connectivity index (χ0n) is 12.6. The summed E-state index contributed by atoms with van der Waals surface area (Å²) >= 11 is 3.43. The standard InChI is InChI=1S/C17H18BrN3O2/c18-13-3-1-4-14(10-13)21-16-9-12(6-7-19-16)17(22)20-11-15-5-2-8-23-15/h1,3-4,6-7,9-10,15H,2,5,8,11H2,(H,19,21)(H,20,22). The van der Waals surface area contributed by atoms with Crippen molar-refractivity contribution in [3.8, 4) is 0 Å². The molecule has 1 unspecified atom stereocenters. The van der Waals surface area contributed by atoms with E-state index in [0.29, 0.717) is 17.9 Å². The molecule has 2 aromatic rings. The van der Waals surface area contributed by atoms with E-state index in [2.05, 4.69) is 31.5 Å². The molecule has 1 fully saturated rings. The van der Waals surface area contributed by atoms with E-state index in [9.17, 15) is 4.79 Å². The van der Waals surface area contributed by atoms with Gasteiger partial charge in [0.05, 0.1) is 6.10 Å². The van der Waals surface area contributed by atoms with Gasteiger partial charge in [0.1, 0.15) is 5.82 Å². The van der Waals surface area contributed by atoms with E-state index in [0.717, 1.165) is 29.6 Å². The number of hydrogen-bond donors (Lipinski definition) is 2. The number of pyridine rings is 1. The second-order valence-electron chi connectivity index (χ2n) is 5.41. The highest BCUT2D eigenvalue weighted by molar-refractivity contribution is 9.10. The monoisotopic (exact) mass is 375 g/mol. The number of halogens is 1. The first-order valence-electron chi connectivity index (χ1n) is 7.59. The van der Waals surface area contributed by atoms with E-state index in [1.54, 1.807) is 18.3 Å². The van der Waals surface area contributed by atoms with Crippen molar-refractivity contribution in [2.45, 2.75) is 18.9 Å². The molecule has 0 aliphatic carbocycles. The number of ether oxygens (including phenoxy) is 1. The zero-order valence-corrected chi connectivity index (χ0v) is 14.2. The molecule has 1 aromatic carbocycles. The molecule has 2 N–H and O–H groups in total. The maximum atomic E-state index is 12.2. The number of carbonyl (C=O) groups is 1. The number of carbonyl (C=O) groups excluding carboxylic acids is 1. The molecule has 120 valence electrons. The summed E-state index contributed by atoms with van der Waals surface area (Å²) < 4.78 is 6.49. The number of nitrogens with zero attached hydrogens (tertiary/aromatic N) is 1. The van der Waals surface area contributed by atoms with Crippen molar-refractivity contribution in [3.63, 3.8) is 0 Å². The molecule has 6 heteroatoms. The summed E-state index contributed by atoms with van der Waals surface area (Å²) in [6.07, 6.45) is 3.84. The SMILES string of the molecule is O=C(NCC1CCCO1)c1ccnc(Nc2cccc(Br)c2)c1. The van der Waals surface area contributed by atoms with Crippen LogP contribution in [0.15, 0.2) is 47.1 Å². The molecule has 1 aliphatic rings. The van der Waals surface area contributed by atoms with Crippen LogP contribution in [-0.4, -0.2) is 30.1 Å². The van der Waals surface area contributed by atoms with Gasteiger partial charge < -0.3 is 15.4 Å². The second-order valence-corrected chi connectivity index (χ2v) is 6.33. The molecule has 1 amide bonds. The van der Waals surface area contributed by atoms with E-state index in [-0.39, 0.29) is 12.0 Å². The minimum atomic E-state index is -0.111. The Morgan fingerprint density at radius 2 is 2.26 bits per heavy atom. The van der Waals surface area contributed by atoms with Crippen molar-refractivity contribution in [2.75, 3.05) is 18.5 Å². The van der Waals surface area contributed by atoms with Crippen molar-refractivity contribution >= 4 is 33.3 Å². The minimum Gasteiger partial charge on any atom is -0.376 e. The van der Waals surface area contributed by atoms with Crippen LogP contribution in [0.1, 0.15) is 23.2 Å². The third kappa shape index (κ3) is 4.53. The van der Waals surface area contributed by atoms with Gasteiger partial charge in [0.15, 0.2) is 0 Å². The molecule has 5 nitrogen and oxygen atoms in total. The third-order valence-electron chi connectivity index (χ3n) is 3.63. The Morgan fingerprint density at radius 1 is 1.35 bits per heavy atom. The molecule has 0 radical (unpaired) electrons. The van der Waals surface area contributed by atoms with Crippen molar-refractivity contribution in [3.05, 3.63) is 52.6 Å². The summed E-state index contributed by atoms with van der Waals surface area (Å²) in [6.45, 7) is 1.34. The highest BCUT2D eigenvalue weighted by Crippen LogP contribution is 2.19. The van der Waals surface area contributed by atoms with Crippen LogP contribution in [0.2, 0.25) is 0 Å². The predicted molar refractivity (Wildman–Crippen MR) is 93.0 cm³/mol. The number of amides is 1. The zero-order chi connectivity index (χ0) is 16.1. The molecule has 0 bridgehead atoms. The summed E-state index contributed by atoms with van der Waals surface area (Å²) in [6, 6.07) is 11.2. The lowest BCUT2D eigenvalue weighted by Crippen LogP contribution is -2.31. The Kier molecular flexibility index (Phi) is 5.25. The van der Waals surface area contributed by atoms with Crippen molar-refractivity contribution in [2.24, 2.45) is 0 Å². The Balaban J connectivity index is 1.63. The number of anilines is 2. The molecule has 1 atom stereocenters. The lowest BCUT2D eigenvalue weighted by molar-refractivity contribution is 0.0857. The molecule has 1 saturated heterocycles. The average molecular weight is 376 g/mol. The first kappa shape index (κ1) is 16.0. The number of nitrogens with one attached hydrogen (secondary N) is 2. The molecular weight excluding hydrogens is 358 g/mol. The minimum absolute atomic E-state index is 0.111. The van der Waals surface area contributed by atoms with Gasteiger partial charge in [-0.25, -0.2) is 4.98 Å². The average Bonchev–Trinajstić information content (AvgIpc) is 3.06. The molecule has 0 spiro atoms. The van der Waals surface area contributed by atoms with Gasteiger partial charge in [-0.05, 0) is 43.2 Å². The van der Waals surface area contributed by atoms with Gasteiger partial charge in [0, 0.05) is 35.1 Å². The summed E-state index contributed by atoms with van der Waals surface area (Å²) in [7, 11) is 0. The van der Waals surface area contributed by atoms with E-state index in [1.165, 1.54) is 0 Å². The van der Waals surface area contributed by atoms with Crippen LogP contribution in [0.3, 0.4) is 0 Å². The van der Waals surface area contributed by atoms with E-state index >= 15 is 0 Å². The summed E-state index contributed by atoms with van der Waals surface area (Å²) in [5.74, 6) is 0.521. The number of aromatic nitrogens is 1. The predicted octanol–water partition coefficient (Wildman–Crippen LogP) is 3.50. The summed E-state index contributed by atoms with van der Waals surface area (Å²) in [5, 5.41) is 6.11. The van der Waals surface area contributed by atoms with E-state index in [1.807, 2.05) is 24.3 Å². The van der Waals surface area contributed by atoms with E-state index < -0.39 is 0 Å². The second kappa shape index (κ2) is 7.57. The maximum Gasteiger partial charge on any atom is 0.251 e. The first-order valence-corrected chi connectivity index (χ1v) is 8.38. The van der Waals surface area contributed by atoms with Gasteiger partial charge in [-0.3, -0.25) is 4.79 Å². The molecule has 23 heavy (non-hydrogen) atoms. The highest BCUT2D eigenvalue weighted by Gasteiger charge is 2.16. The fourth-order valence-electron chi connectivity index (χ4n) is 2.47. The Bertz CT molecular complexity index is 687. The Hall–Kier alpha value is -1.92. The smallest absolute Gasteiger partial charge is 0.251 e. The van der Waals surface area contributed by atoms with Crippen molar-refractivity contribution in [1.29, 1.82) is 0 Å². The van der Waals surface area contributed by atoms with Crippen LogP contribution in [0.4, 0.5) is 11.5 Å². The fourth-order valence-corrected chi connectivity index (χ4v) is 2.87. The molecule has 1 aromatic heterocycles. The molecule has 1 aliphatic heterocycles. The lowest BCUT2D eigenvalue weighted by Gasteiger charge is -2.11. The normalized spacial score (nSPS) is 17.0. The van der Waals surface area contributed by atoms with Crippen LogP contribution >= 0.6 is 15.9 Å². The van der Waals surface area contributed by atoms with Gasteiger partial charge in [0.2, 0.25) is 0 Å². The summed E-state index contributed by atoms with van der Waals surface area (Å²) in [5.41, 5.74) is 1.49. The lowest BCUT2D eigenvalue weighted by atomic mass is 10.2.